The molecule has 0 saturated carbocycles. The Morgan fingerprint density at radius 3 is 2.76 bits per heavy atom. The number of rotatable bonds is 6. The normalized spacial score (nSPS) is 12.2. The van der Waals surface area contributed by atoms with E-state index in [1.807, 2.05) is 24.3 Å². The fraction of sp³-hybridized carbons (Fsp3) is 0.500. The highest BCUT2D eigenvalue weighted by Gasteiger charge is 2.12. The lowest BCUT2D eigenvalue weighted by Crippen LogP contribution is -2.10. The van der Waals surface area contributed by atoms with E-state index >= 15 is 0 Å². The van der Waals surface area contributed by atoms with Gasteiger partial charge < -0.3 is 4.74 Å². The average Bonchev–Trinajstić information content (AvgIpc) is 2.36. The van der Waals surface area contributed by atoms with E-state index in [0.29, 0.717) is 30.4 Å². The van der Waals surface area contributed by atoms with Gasteiger partial charge in [-0.1, -0.05) is 32.0 Å². The predicted molar refractivity (Wildman–Crippen MR) is 70.7 cm³/mol. The average molecular weight is 255 g/mol. The number of alkyl halides is 1. The lowest BCUT2D eigenvalue weighted by atomic mass is 9.98. The molecule has 0 N–H and O–H groups in total. The van der Waals surface area contributed by atoms with Crippen molar-refractivity contribution in [2.75, 3.05) is 5.88 Å². The molecule has 1 aromatic carbocycles. The number of hydrogen-bond acceptors (Lipinski definition) is 2. The number of esters is 1. The van der Waals surface area contributed by atoms with Gasteiger partial charge in [-0.15, -0.1) is 11.6 Å². The van der Waals surface area contributed by atoms with Crippen molar-refractivity contribution in [1.29, 1.82) is 0 Å². The minimum atomic E-state index is -0.207. The summed E-state index contributed by atoms with van der Waals surface area (Å²) in [6.45, 7) is 4.25. The number of para-hydroxylation sites is 1. The second-order valence-corrected chi connectivity index (χ2v) is 4.49. The number of hydrogen-bond donors (Lipinski definition) is 0. The van der Waals surface area contributed by atoms with E-state index in [0.717, 1.165) is 12.0 Å². The highest BCUT2D eigenvalue weighted by Crippen LogP contribution is 2.28. The van der Waals surface area contributed by atoms with Gasteiger partial charge in [0.2, 0.25) is 0 Å². The fourth-order valence-corrected chi connectivity index (χ4v) is 1.72. The van der Waals surface area contributed by atoms with E-state index in [1.165, 1.54) is 0 Å². The number of carbonyl (C=O) groups excluding carboxylic acids is 1. The van der Waals surface area contributed by atoms with Crippen molar-refractivity contribution in [3.63, 3.8) is 0 Å². The maximum Gasteiger partial charge on any atom is 0.311 e. The summed E-state index contributed by atoms with van der Waals surface area (Å²) < 4.78 is 5.37. The van der Waals surface area contributed by atoms with Crippen molar-refractivity contribution in [2.45, 2.75) is 39.0 Å². The summed E-state index contributed by atoms with van der Waals surface area (Å²) in [5, 5.41) is 0. The molecule has 0 bridgehead atoms. The van der Waals surface area contributed by atoms with Gasteiger partial charge in [-0.05, 0) is 30.4 Å². The van der Waals surface area contributed by atoms with E-state index < -0.39 is 0 Å². The Labute approximate surface area is 108 Å². The molecule has 1 aromatic rings. The van der Waals surface area contributed by atoms with Crippen LogP contribution < -0.4 is 4.74 Å². The van der Waals surface area contributed by atoms with Gasteiger partial charge in [-0.3, -0.25) is 4.79 Å². The van der Waals surface area contributed by atoms with Crippen LogP contribution in [0.25, 0.3) is 0 Å². The standard InChI is InChI=1S/C14H19ClO2/c1-3-11(2)12-7-4-5-8-13(12)17-14(16)9-6-10-15/h4-5,7-8,11H,3,6,9-10H2,1-2H3. The topological polar surface area (TPSA) is 26.3 Å². The van der Waals surface area contributed by atoms with Gasteiger partial charge in [0.15, 0.2) is 0 Å². The van der Waals surface area contributed by atoms with E-state index in [1.54, 1.807) is 0 Å². The van der Waals surface area contributed by atoms with Crippen LogP contribution in [0, 0.1) is 0 Å². The Hall–Kier alpha value is -1.02. The number of carbonyl (C=O) groups is 1. The molecule has 1 unspecified atom stereocenters. The SMILES string of the molecule is CCC(C)c1ccccc1OC(=O)CCCCl. The molecule has 0 aliphatic carbocycles. The molecular formula is C14H19ClO2. The third-order valence-electron chi connectivity index (χ3n) is 2.80. The Bertz CT molecular complexity index is 363. The second kappa shape index (κ2) is 7.33. The van der Waals surface area contributed by atoms with E-state index in [4.69, 9.17) is 16.3 Å². The number of benzene rings is 1. The Morgan fingerprint density at radius 1 is 1.41 bits per heavy atom. The Kier molecular flexibility index (Phi) is 6.06. The van der Waals surface area contributed by atoms with Gasteiger partial charge in [0.1, 0.15) is 5.75 Å². The van der Waals surface area contributed by atoms with Crippen LogP contribution in [-0.2, 0) is 4.79 Å². The summed E-state index contributed by atoms with van der Waals surface area (Å²) in [5.74, 6) is 1.36. The first-order valence-corrected chi connectivity index (χ1v) is 6.58. The first kappa shape index (κ1) is 14.0. The van der Waals surface area contributed by atoms with Crippen molar-refractivity contribution in [3.8, 4) is 5.75 Å². The third-order valence-corrected chi connectivity index (χ3v) is 3.07. The van der Waals surface area contributed by atoms with Gasteiger partial charge >= 0.3 is 5.97 Å². The lowest BCUT2D eigenvalue weighted by molar-refractivity contribution is -0.134. The molecule has 94 valence electrons. The fourth-order valence-electron chi connectivity index (χ4n) is 1.59. The molecule has 1 atom stereocenters. The molecular weight excluding hydrogens is 236 g/mol. The molecule has 3 heteroatoms. The molecule has 0 heterocycles. The Morgan fingerprint density at radius 2 is 2.12 bits per heavy atom. The van der Waals surface area contributed by atoms with Crippen LogP contribution in [0.3, 0.4) is 0 Å². The quantitative estimate of drug-likeness (QED) is 0.434. The van der Waals surface area contributed by atoms with Crippen LogP contribution in [0.5, 0.6) is 5.75 Å². The first-order valence-electron chi connectivity index (χ1n) is 6.04. The summed E-state index contributed by atoms with van der Waals surface area (Å²) in [6.07, 6.45) is 2.06. The summed E-state index contributed by atoms with van der Waals surface area (Å²) >= 11 is 5.54. The van der Waals surface area contributed by atoms with Gasteiger partial charge in [0.25, 0.3) is 0 Å². The van der Waals surface area contributed by atoms with Gasteiger partial charge in [-0.2, -0.15) is 0 Å². The summed E-state index contributed by atoms with van der Waals surface area (Å²) in [5.41, 5.74) is 1.09. The van der Waals surface area contributed by atoms with Crippen molar-refractivity contribution < 1.29 is 9.53 Å². The van der Waals surface area contributed by atoms with Gasteiger partial charge in [0, 0.05) is 12.3 Å². The Balaban J connectivity index is 2.73. The monoisotopic (exact) mass is 254 g/mol. The van der Waals surface area contributed by atoms with Crippen LogP contribution in [0.2, 0.25) is 0 Å². The van der Waals surface area contributed by atoms with Crippen molar-refractivity contribution in [1.82, 2.24) is 0 Å². The van der Waals surface area contributed by atoms with Crippen LogP contribution in [0.4, 0.5) is 0 Å². The van der Waals surface area contributed by atoms with Crippen molar-refractivity contribution >= 4 is 17.6 Å². The first-order chi connectivity index (χ1) is 8.19. The molecule has 0 aliphatic heterocycles. The van der Waals surface area contributed by atoms with Crippen LogP contribution in [-0.4, -0.2) is 11.8 Å². The number of halogens is 1. The van der Waals surface area contributed by atoms with Gasteiger partial charge in [0.05, 0.1) is 0 Å². The maximum absolute atomic E-state index is 11.6. The zero-order valence-corrected chi connectivity index (χ0v) is 11.2. The van der Waals surface area contributed by atoms with Crippen LogP contribution in [0.1, 0.15) is 44.6 Å². The predicted octanol–water partition coefficient (Wildman–Crippen LogP) is 4.12. The molecule has 0 fully saturated rings. The van der Waals surface area contributed by atoms with E-state index in [2.05, 4.69) is 13.8 Å². The van der Waals surface area contributed by atoms with Crippen molar-refractivity contribution in [3.05, 3.63) is 29.8 Å². The van der Waals surface area contributed by atoms with Gasteiger partial charge in [-0.25, -0.2) is 0 Å². The summed E-state index contributed by atoms with van der Waals surface area (Å²) in [6, 6.07) is 7.71. The molecule has 0 spiro atoms. The summed E-state index contributed by atoms with van der Waals surface area (Å²) in [4.78, 5) is 11.6. The lowest BCUT2D eigenvalue weighted by Gasteiger charge is -2.14. The zero-order chi connectivity index (χ0) is 12.7. The van der Waals surface area contributed by atoms with E-state index in [-0.39, 0.29) is 5.97 Å². The highest BCUT2D eigenvalue weighted by atomic mass is 35.5. The zero-order valence-electron chi connectivity index (χ0n) is 10.4. The summed E-state index contributed by atoms with van der Waals surface area (Å²) in [7, 11) is 0. The minimum absolute atomic E-state index is 0.207. The second-order valence-electron chi connectivity index (χ2n) is 4.11. The minimum Gasteiger partial charge on any atom is -0.426 e. The molecule has 0 radical (unpaired) electrons. The molecule has 0 aliphatic rings. The third kappa shape index (κ3) is 4.39. The van der Waals surface area contributed by atoms with Crippen LogP contribution >= 0.6 is 11.6 Å². The molecule has 0 amide bonds. The smallest absolute Gasteiger partial charge is 0.311 e. The molecule has 17 heavy (non-hydrogen) atoms. The molecule has 0 saturated heterocycles. The van der Waals surface area contributed by atoms with E-state index in [9.17, 15) is 4.79 Å². The maximum atomic E-state index is 11.6. The molecule has 2 nitrogen and oxygen atoms in total. The molecule has 0 aromatic heterocycles. The largest absolute Gasteiger partial charge is 0.426 e. The number of ether oxygens (including phenoxy) is 1. The van der Waals surface area contributed by atoms with Crippen molar-refractivity contribution in [2.24, 2.45) is 0 Å². The van der Waals surface area contributed by atoms with Crippen LogP contribution in [0.15, 0.2) is 24.3 Å². The highest BCUT2D eigenvalue weighted by molar-refractivity contribution is 6.17. The molecule has 1 rings (SSSR count).